The quantitative estimate of drug-likeness (QED) is 0.810. The summed E-state index contributed by atoms with van der Waals surface area (Å²) in [5.41, 5.74) is 2.53. The van der Waals surface area contributed by atoms with E-state index in [-0.39, 0.29) is 0 Å². The summed E-state index contributed by atoms with van der Waals surface area (Å²) in [7, 11) is 0. The SMILES string of the molecule is Cc1ccc(CCC(=O)N2C(C)CCCC2C)cc1. The van der Waals surface area contributed by atoms with Crippen LogP contribution in [0.2, 0.25) is 0 Å². The van der Waals surface area contributed by atoms with Gasteiger partial charge in [-0.05, 0) is 52.0 Å². The Kier molecular flexibility index (Phi) is 4.62. The van der Waals surface area contributed by atoms with Crippen LogP contribution in [0.5, 0.6) is 0 Å². The van der Waals surface area contributed by atoms with Gasteiger partial charge in [0.2, 0.25) is 5.91 Å². The van der Waals surface area contributed by atoms with E-state index in [4.69, 9.17) is 0 Å². The molecule has 1 aliphatic heterocycles. The van der Waals surface area contributed by atoms with E-state index in [1.165, 1.54) is 17.5 Å². The average Bonchev–Trinajstić information content (AvgIpc) is 2.38. The van der Waals surface area contributed by atoms with Crippen LogP contribution in [-0.2, 0) is 11.2 Å². The van der Waals surface area contributed by atoms with Gasteiger partial charge in [-0.1, -0.05) is 29.8 Å². The summed E-state index contributed by atoms with van der Waals surface area (Å²) in [4.78, 5) is 14.5. The Balaban J connectivity index is 1.91. The first-order valence-electron chi connectivity index (χ1n) is 7.44. The van der Waals surface area contributed by atoms with E-state index in [1.807, 2.05) is 0 Å². The number of nitrogens with zero attached hydrogens (tertiary/aromatic N) is 1. The molecule has 104 valence electrons. The zero-order valence-corrected chi connectivity index (χ0v) is 12.4. The number of piperidine rings is 1. The largest absolute Gasteiger partial charge is 0.337 e. The topological polar surface area (TPSA) is 20.3 Å². The van der Waals surface area contributed by atoms with Gasteiger partial charge in [-0.3, -0.25) is 4.79 Å². The van der Waals surface area contributed by atoms with E-state index < -0.39 is 0 Å². The molecule has 0 radical (unpaired) electrons. The molecule has 1 aliphatic rings. The van der Waals surface area contributed by atoms with Crippen LogP contribution in [0.3, 0.4) is 0 Å². The number of carbonyl (C=O) groups excluding carboxylic acids is 1. The summed E-state index contributed by atoms with van der Waals surface area (Å²) >= 11 is 0. The highest BCUT2D eigenvalue weighted by atomic mass is 16.2. The molecule has 2 heteroatoms. The maximum absolute atomic E-state index is 12.4. The minimum atomic E-state index is 0.320. The summed E-state index contributed by atoms with van der Waals surface area (Å²) in [5, 5.41) is 0. The number of hydrogen-bond acceptors (Lipinski definition) is 1. The van der Waals surface area contributed by atoms with E-state index in [1.54, 1.807) is 0 Å². The maximum atomic E-state index is 12.4. The Morgan fingerprint density at radius 3 is 2.32 bits per heavy atom. The molecule has 0 spiro atoms. The van der Waals surface area contributed by atoms with Gasteiger partial charge < -0.3 is 4.90 Å². The second kappa shape index (κ2) is 6.23. The summed E-state index contributed by atoms with van der Waals surface area (Å²) < 4.78 is 0. The van der Waals surface area contributed by atoms with Gasteiger partial charge in [0, 0.05) is 18.5 Å². The lowest BCUT2D eigenvalue weighted by atomic mass is 9.96. The van der Waals surface area contributed by atoms with Crippen molar-refractivity contribution >= 4 is 5.91 Å². The number of aryl methyl sites for hydroxylation is 2. The van der Waals surface area contributed by atoms with Gasteiger partial charge in [0.25, 0.3) is 0 Å². The van der Waals surface area contributed by atoms with Crippen LogP contribution in [0.4, 0.5) is 0 Å². The zero-order valence-electron chi connectivity index (χ0n) is 12.4. The van der Waals surface area contributed by atoms with Crippen molar-refractivity contribution in [1.82, 2.24) is 4.90 Å². The first kappa shape index (κ1) is 14.1. The van der Waals surface area contributed by atoms with Crippen molar-refractivity contribution in [3.05, 3.63) is 35.4 Å². The van der Waals surface area contributed by atoms with Crippen LogP contribution in [0.15, 0.2) is 24.3 Å². The molecule has 0 N–H and O–H groups in total. The number of hydrogen-bond donors (Lipinski definition) is 0. The monoisotopic (exact) mass is 259 g/mol. The fourth-order valence-electron chi connectivity index (χ4n) is 3.05. The predicted molar refractivity (Wildman–Crippen MR) is 79.1 cm³/mol. The fraction of sp³-hybridized carbons (Fsp3) is 0.588. The Labute approximate surface area is 116 Å². The summed E-state index contributed by atoms with van der Waals surface area (Å²) in [6.45, 7) is 6.45. The molecule has 0 aliphatic carbocycles. The number of rotatable bonds is 3. The van der Waals surface area contributed by atoms with Crippen LogP contribution in [0.25, 0.3) is 0 Å². The molecule has 0 aromatic heterocycles. The molecule has 1 fully saturated rings. The molecular weight excluding hydrogens is 234 g/mol. The highest BCUT2D eigenvalue weighted by molar-refractivity contribution is 5.77. The lowest BCUT2D eigenvalue weighted by Crippen LogP contribution is -2.47. The summed E-state index contributed by atoms with van der Waals surface area (Å²) in [6, 6.07) is 9.32. The van der Waals surface area contributed by atoms with E-state index in [0.29, 0.717) is 24.4 Å². The summed E-state index contributed by atoms with van der Waals surface area (Å²) in [6.07, 6.45) is 5.05. The standard InChI is InChI=1S/C17H25NO/c1-13-7-9-16(10-8-13)11-12-17(19)18-14(2)5-4-6-15(18)3/h7-10,14-15H,4-6,11-12H2,1-3H3. The smallest absolute Gasteiger partial charge is 0.223 e. The molecule has 1 aromatic rings. The van der Waals surface area contributed by atoms with Crippen molar-refractivity contribution in [3.63, 3.8) is 0 Å². The molecule has 2 rings (SSSR count). The molecule has 2 nitrogen and oxygen atoms in total. The van der Waals surface area contributed by atoms with Gasteiger partial charge in [-0.2, -0.15) is 0 Å². The highest BCUT2D eigenvalue weighted by Gasteiger charge is 2.28. The van der Waals surface area contributed by atoms with Crippen molar-refractivity contribution in [2.24, 2.45) is 0 Å². The van der Waals surface area contributed by atoms with Crippen molar-refractivity contribution in [3.8, 4) is 0 Å². The Bertz CT molecular complexity index is 413. The second-order valence-corrected chi connectivity index (χ2v) is 5.92. The van der Waals surface area contributed by atoms with Crippen molar-refractivity contribution in [1.29, 1.82) is 0 Å². The Morgan fingerprint density at radius 2 is 1.74 bits per heavy atom. The lowest BCUT2D eigenvalue weighted by Gasteiger charge is -2.39. The van der Waals surface area contributed by atoms with Gasteiger partial charge in [0.1, 0.15) is 0 Å². The predicted octanol–water partition coefficient (Wildman–Crippen LogP) is 3.72. The van der Waals surface area contributed by atoms with E-state index in [0.717, 1.165) is 19.3 Å². The van der Waals surface area contributed by atoms with Crippen LogP contribution in [-0.4, -0.2) is 22.9 Å². The van der Waals surface area contributed by atoms with Crippen molar-refractivity contribution < 1.29 is 4.79 Å². The van der Waals surface area contributed by atoms with Crippen molar-refractivity contribution in [2.75, 3.05) is 0 Å². The Hall–Kier alpha value is -1.31. The Morgan fingerprint density at radius 1 is 1.16 bits per heavy atom. The van der Waals surface area contributed by atoms with Gasteiger partial charge in [0.15, 0.2) is 0 Å². The van der Waals surface area contributed by atoms with Crippen LogP contribution in [0, 0.1) is 6.92 Å². The molecule has 19 heavy (non-hydrogen) atoms. The number of amides is 1. The molecule has 0 saturated carbocycles. The maximum Gasteiger partial charge on any atom is 0.223 e. The van der Waals surface area contributed by atoms with Crippen LogP contribution < -0.4 is 0 Å². The highest BCUT2D eigenvalue weighted by Crippen LogP contribution is 2.23. The zero-order chi connectivity index (χ0) is 13.8. The van der Waals surface area contributed by atoms with E-state index >= 15 is 0 Å². The minimum absolute atomic E-state index is 0.320. The third kappa shape index (κ3) is 3.59. The number of benzene rings is 1. The van der Waals surface area contributed by atoms with Gasteiger partial charge in [0.05, 0.1) is 0 Å². The molecule has 1 heterocycles. The number of carbonyl (C=O) groups is 1. The van der Waals surface area contributed by atoms with E-state index in [9.17, 15) is 4.79 Å². The molecule has 0 bridgehead atoms. The second-order valence-electron chi connectivity index (χ2n) is 5.92. The minimum Gasteiger partial charge on any atom is -0.337 e. The fourth-order valence-corrected chi connectivity index (χ4v) is 3.05. The molecule has 1 amide bonds. The first-order chi connectivity index (χ1) is 9.08. The molecule has 1 saturated heterocycles. The molecule has 2 atom stereocenters. The molecule has 1 aromatic carbocycles. The van der Waals surface area contributed by atoms with Gasteiger partial charge in [-0.15, -0.1) is 0 Å². The van der Waals surface area contributed by atoms with Crippen molar-refractivity contribution in [2.45, 2.75) is 65.0 Å². The first-order valence-corrected chi connectivity index (χ1v) is 7.44. The van der Waals surface area contributed by atoms with Crippen LogP contribution >= 0.6 is 0 Å². The molecule has 2 unspecified atom stereocenters. The average molecular weight is 259 g/mol. The van der Waals surface area contributed by atoms with Gasteiger partial charge in [-0.25, -0.2) is 0 Å². The summed E-state index contributed by atoms with van der Waals surface area (Å²) in [5.74, 6) is 0.320. The third-order valence-corrected chi connectivity index (χ3v) is 4.23. The van der Waals surface area contributed by atoms with Crippen LogP contribution in [0.1, 0.15) is 50.7 Å². The normalized spacial score (nSPS) is 23.4. The third-order valence-electron chi connectivity index (χ3n) is 4.23. The number of likely N-dealkylation sites (tertiary alicyclic amines) is 1. The van der Waals surface area contributed by atoms with Gasteiger partial charge >= 0.3 is 0 Å². The molecular formula is C17H25NO. The van der Waals surface area contributed by atoms with E-state index in [2.05, 4.69) is 49.9 Å². The lowest BCUT2D eigenvalue weighted by molar-refractivity contribution is -0.137.